The van der Waals surface area contributed by atoms with Crippen LogP contribution in [0.25, 0.3) is 0 Å². The van der Waals surface area contributed by atoms with E-state index in [0.717, 1.165) is 17.1 Å². The number of benzene rings is 2. The summed E-state index contributed by atoms with van der Waals surface area (Å²) in [4.78, 5) is 0. The molecule has 0 amide bonds. The van der Waals surface area contributed by atoms with Crippen molar-refractivity contribution < 1.29 is 8.95 Å². The first-order valence-electron chi connectivity index (χ1n) is 7.37. The molecule has 0 fully saturated rings. The summed E-state index contributed by atoms with van der Waals surface area (Å²) in [5, 5.41) is 0. The topological polar surface area (TPSA) is 38.3 Å². The Kier molecular flexibility index (Phi) is 5.37. The highest BCUT2D eigenvalue weighted by atomic mass is 32.2. The minimum Gasteiger partial charge on any atom is -0.457 e. The number of hydrogen-bond donors (Lipinski definition) is 1. The summed E-state index contributed by atoms with van der Waals surface area (Å²) in [6, 6.07) is 17.6. The maximum Gasteiger partial charge on any atom is 0.127 e. The molecule has 4 heteroatoms. The van der Waals surface area contributed by atoms with Gasteiger partial charge in [-0.3, -0.25) is 0 Å². The zero-order chi connectivity index (χ0) is 16.2. The van der Waals surface area contributed by atoms with Crippen LogP contribution in [0.1, 0.15) is 39.3 Å². The third kappa shape index (κ3) is 4.68. The van der Waals surface area contributed by atoms with Gasteiger partial charge in [0.1, 0.15) is 11.5 Å². The van der Waals surface area contributed by atoms with E-state index in [-0.39, 0.29) is 10.8 Å². The summed E-state index contributed by atoms with van der Waals surface area (Å²) in [6.07, 6.45) is 0. The Morgan fingerprint density at radius 3 is 2.05 bits per heavy atom. The van der Waals surface area contributed by atoms with Gasteiger partial charge in [-0.2, -0.15) is 0 Å². The number of nitrogens with one attached hydrogen (secondary N) is 1. The third-order valence-electron chi connectivity index (χ3n) is 3.20. The molecule has 0 radical (unpaired) electrons. The fourth-order valence-electron chi connectivity index (χ4n) is 1.85. The van der Waals surface area contributed by atoms with Crippen LogP contribution in [-0.2, 0) is 11.0 Å². The van der Waals surface area contributed by atoms with Crippen molar-refractivity contribution in [3.63, 3.8) is 0 Å². The van der Waals surface area contributed by atoms with E-state index in [2.05, 4.69) is 4.72 Å². The van der Waals surface area contributed by atoms with E-state index < -0.39 is 11.0 Å². The molecule has 0 saturated carbocycles. The number of hydrogen-bond acceptors (Lipinski definition) is 2. The first-order chi connectivity index (χ1) is 10.4. The fraction of sp³-hybridized carbons (Fsp3) is 0.333. The molecule has 0 aliphatic heterocycles. The van der Waals surface area contributed by atoms with Crippen molar-refractivity contribution in [2.45, 2.75) is 38.5 Å². The van der Waals surface area contributed by atoms with Crippen molar-refractivity contribution in [2.75, 3.05) is 0 Å². The van der Waals surface area contributed by atoms with Crippen molar-refractivity contribution in [2.24, 2.45) is 0 Å². The third-order valence-corrected chi connectivity index (χ3v) is 4.88. The molecule has 0 aliphatic rings. The lowest BCUT2D eigenvalue weighted by atomic mass is 10.1. The van der Waals surface area contributed by atoms with Crippen molar-refractivity contribution in [3.8, 4) is 11.5 Å². The first-order valence-corrected chi connectivity index (χ1v) is 8.52. The summed E-state index contributed by atoms with van der Waals surface area (Å²) >= 11 is 0. The van der Waals surface area contributed by atoms with Crippen LogP contribution in [-0.4, -0.2) is 8.96 Å². The van der Waals surface area contributed by atoms with Crippen molar-refractivity contribution in [3.05, 3.63) is 60.2 Å². The van der Waals surface area contributed by atoms with Crippen LogP contribution in [0.4, 0.5) is 0 Å². The zero-order valence-electron chi connectivity index (χ0n) is 13.5. The van der Waals surface area contributed by atoms with Gasteiger partial charge in [-0.05, 0) is 57.5 Å². The Morgan fingerprint density at radius 2 is 1.50 bits per heavy atom. The van der Waals surface area contributed by atoms with E-state index in [9.17, 15) is 4.21 Å². The molecule has 2 rings (SSSR count). The Morgan fingerprint density at radius 1 is 0.955 bits per heavy atom. The zero-order valence-corrected chi connectivity index (χ0v) is 14.3. The molecule has 22 heavy (non-hydrogen) atoms. The van der Waals surface area contributed by atoms with Crippen LogP contribution in [0.15, 0.2) is 54.6 Å². The molecule has 2 aromatic carbocycles. The van der Waals surface area contributed by atoms with E-state index in [1.807, 2.05) is 82.3 Å². The molecule has 0 bridgehead atoms. The lowest BCUT2D eigenvalue weighted by Gasteiger charge is -2.22. The fourth-order valence-corrected chi connectivity index (χ4v) is 2.67. The average molecular weight is 317 g/mol. The molecular formula is C18H23NO2S. The van der Waals surface area contributed by atoms with Crippen molar-refractivity contribution in [1.29, 1.82) is 0 Å². The van der Waals surface area contributed by atoms with E-state index in [4.69, 9.17) is 4.74 Å². The van der Waals surface area contributed by atoms with Crippen LogP contribution in [0, 0.1) is 0 Å². The molecule has 0 aliphatic carbocycles. The average Bonchev–Trinajstić information content (AvgIpc) is 2.48. The van der Waals surface area contributed by atoms with Gasteiger partial charge in [-0.1, -0.05) is 30.3 Å². The number of rotatable bonds is 5. The smallest absolute Gasteiger partial charge is 0.127 e. The highest BCUT2D eigenvalue weighted by Gasteiger charge is 2.21. The van der Waals surface area contributed by atoms with Crippen molar-refractivity contribution >= 4 is 11.0 Å². The Balaban J connectivity index is 2.01. The minimum absolute atomic E-state index is 0.0193. The van der Waals surface area contributed by atoms with Gasteiger partial charge in [0.15, 0.2) is 0 Å². The SMILES string of the molecule is C[C@H](NS(=O)C(C)(C)C)c1ccc(Oc2ccccc2)cc1. The molecule has 118 valence electrons. The van der Waals surface area contributed by atoms with E-state index in [1.165, 1.54) is 0 Å². The first kappa shape index (κ1) is 16.7. The maximum atomic E-state index is 12.1. The van der Waals surface area contributed by atoms with E-state index in [0.29, 0.717) is 0 Å². The predicted octanol–water partition coefficient (Wildman–Crippen LogP) is 4.59. The van der Waals surface area contributed by atoms with Gasteiger partial charge in [-0.15, -0.1) is 0 Å². The molecule has 0 aromatic heterocycles. The van der Waals surface area contributed by atoms with Gasteiger partial charge in [-0.25, -0.2) is 8.93 Å². The van der Waals surface area contributed by atoms with Gasteiger partial charge in [0.05, 0.1) is 15.7 Å². The maximum absolute atomic E-state index is 12.1. The molecule has 0 spiro atoms. The van der Waals surface area contributed by atoms with Crippen LogP contribution >= 0.6 is 0 Å². The summed E-state index contributed by atoms with van der Waals surface area (Å²) in [6.45, 7) is 7.88. The second-order valence-electron chi connectivity index (χ2n) is 6.20. The molecule has 0 heterocycles. The Hall–Kier alpha value is -1.65. The number of para-hydroxylation sites is 1. The predicted molar refractivity (Wildman–Crippen MR) is 92.4 cm³/mol. The van der Waals surface area contributed by atoms with Crippen molar-refractivity contribution in [1.82, 2.24) is 4.72 Å². The summed E-state index contributed by atoms with van der Waals surface area (Å²) < 4.78 is 20.8. The van der Waals surface area contributed by atoms with Gasteiger partial charge in [0.25, 0.3) is 0 Å². The summed E-state index contributed by atoms with van der Waals surface area (Å²) in [7, 11) is -1.09. The lowest BCUT2D eigenvalue weighted by Crippen LogP contribution is -2.34. The molecule has 3 nitrogen and oxygen atoms in total. The second kappa shape index (κ2) is 7.07. The van der Waals surface area contributed by atoms with Gasteiger partial charge in [0, 0.05) is 6.04 Å². The highest BCUT2D eigenvalue weighted by molar-refractivity contribution is 7.84. The normalized spacial score (nSPS) is 14.4. The van der Waals surface area contributed by atoms with Crippen LogP contribution in [0.5, 0.6) is 11.5 Å². The monoisotopic (exact) mass is 317 g/mol. The van der Waals surface area contributed by atoms with Crippen LogP contribution in [0.2, 0.25) is 0 Å². The second-order valence-corrected chi connectivity index (χ2v) is 8.20. The van der Waals surface area contributed by atoms with Crippen LogP contribution < -0.4 is 9.46 Å². The van der Waals surface area contributed by atoms with E-state index in [1.54, 1.807) is 0 Å². The minimum atomic E-state index is -1.09. The quantitative estimate of drug-likeness (QED) is 0.876. The van der Waals surface area contributed by atoms with Gasteiger partial charge in [0.2, 0.25) is 0 Å². The van der Waals surface area contributed by atoms with Crippen LogP contribution in [0.3, 0.4) is 0 Å². The highest BCUT2D eigenvalue weighted by Crippen LogP contribution is 2.24. The molecule has 2 atom stereocenters. The summed E-state index contributed by atoms with van der Waals surface area (Å²) in [5.41, 5.74) is 1.08. The van der Waals surface area contributed by atoms with Gasteiger partial charge < -0.3 is 4.74 Å². The Labute approximate surface area is 135 Å². The Bertz CT molecular complexity index is 618. The lowest BCUT2D eigenvalue weighted by molar-refractivity contribution is 0.482. The molecule has 2 aromatic rings. The van der Waals surface area contributed by atoms with Gasteiger partial charge >= 0.3 is 0 Å². The summed E-state index contributed by atoms with van der Waals surface area (Å²) in [5.74, 6) is 1.61. The molecule has 1 unspecified atom stereocenters. The number of ether oxygens (including phenoxy) is 1. The standard InChI is InChI=1S/C18H23NO2S/c1-14(19-22(20)18(2,3)4)15-10-12-17(13-11-15)21-16-8-6-5-7-9-16/h5-14,19H,1-4H3/t14-,22?/m0/s1. The van der Waals surface area contributed by atoms with E-state index >= 15 is 0 Å². The molecule has 0 saturated heterocycles. The molecular weight excluding hydrogens is 294 g/mol. The largest absolute Gasteiger partial charge is 0.457 e. The molecule has 1 N–H and O–H groups in total.